The van der Waals surface area contributed by atoms with Crippen LogP contribution in [0.15, 0.2) is 59.0 Å². The van der Waals surface area contributed by atoms with Crippen LogP contribution in [0.25, 0.3) is 22.4 Å². The molecule has 0 aliphatic heterocycles. The van der Waals surface area contributed by atoms with Gasteiger partial charge in [0.15, 0.2) is 5.82 Å². The molecule has 0 unspecified atom stereocenters. The van der Waals surface area contributed by atoms with Gasteiger partial charge in [-0.05, 0) is 60.1 Å². The van der Waals surface area contributed by atoms with Crippen LogP contribution in [0.3, 0.4) is 0 Å². The summed E-state index contributed by atoms with van der Waals surface area (Å²) in [4.78, 5) is 17.1. The maximum atomic E-state index is 12.8. The van der Waals surface area contributed by atoms with Gasteiger partial charge >= 0.3 is 0 Å². The minimum absolute atomic E-state index is 0.0930. The SMILES string of the molecule is CNC(=O)c1c(-c2ccc(C)cc2)oc2nc(NS(=O)(=O)CCCc3ccccc3Cl)c(I)cc12. The van der Waals surface area contributed by atoms with E-state index in [-0.39, 0.29) is 23.2 Å². The summed E-state index contributed by atoms with van der Waals surface area (Å²) in [6.07, 6.45) is 0.939. The smallest absolute Gasteiger partial charge is 0.255 e. The molecule has 1 amide bonds. The monoisotopic (exact) mass is 623 g/mol. The van der Waals surface area contributed by atoms with Crippen molar-refractivity contribution in [3.63, 3.8) is 0 Å². The highest BCUT2D eigenvalue weighted by atomic mass is 127. The molecule has 0 radical (unpaired) electrons. The van der Waals surface area contributed by atoms with E-state index in [4.69, 9.17) is 16.0 Å². The van der Waals surface area contributed by atoms with E-state index in [2.05, 4.69) is 15.0 Å². The summed E-state index contributed by atoms with van der Waals surface area (Å²) in [5.74, 6) is 0.125. The number of benzene rings is 2. The van der Waals surface area contributed by atoms with Crippen LogP contribution in [0.5, 0.6) is 0 Å². The third kappa shape index (κ3) is 5.79. The standard InChI is InChI=1S/C25H23ClIN3O4S/c1-15-9-11-17(12-10-15)22-21(24(31)28-2)18-14-20(27)23(29-25(18)34-22)30-35(32,33)13-5-7-16-6-3-4-8-19(16)26/h3-4,6,8-12,14H,5,7,13H2,1-2H3,(H,28,31)(H,29,30). The van der Waals surface area contributed by atoms with Crippen LogP contribution in [0, 0.1) is 10.5 Å². The summed E-state index contributed by atoms with van der Waals surface area (Å²) in [6, 6.07) is 16.7. The van der Waals surface area contributed by atoms with Gasteiger partial charge in [-0.15, -0.1) is 0 Å². The highest BCUT2D eigenvalue weighted by molar-refractivity contribution is 14.1. The molecule has 0 aliphatic rings. The summed E-state index contributed by atoms with van der Waals surface area (Å²) in [5.41, 5.74) is 3.23. The van der Waals surface area contributed by atoms with E-state index in [0.717, 1.165) is 16.7 Å². The van der Waals surface area contributed by atoms with Crippen LogP contribution in [-0.4, -0.2) is 32.1 Å². The van der Waals surface area contributed by atoms with Crippen molar-refractivity contribution >= 4 is 67.0 Å². The molecule has 7 nitrogen and oxygen atoms in total. The molecule has 2 heterocycles. The Balaban J connectivity index is 1.62. The first-order valence-electron chi connectivity index (χ1n) is 10.8. The van der Waals surface area contributed by atoms with E-state index in [1.165, 1.54) is 0 Å². The molecular formula is C25H23ClIN3O4S. The van der Waals surface area contributed by atoms with Gasteiger partial charge in [0.05, 0.1) is 20.3 Å². The quantitative estimate of drug-likeness (QED) is 0.242. The molecule has 2 N–H and O–H groups in total. The number of amides is 1. The Kier molecular flexibility index (Phi) is 7.67. The molecule has 0 aliphatic carbocycles. The largest absolute Gasteiger partial charge is 0.437 e. The van der Waals surface area contributed by atoms with Crippen LogP contribution in [0.4, 0.5) is 5.82 Å². The molecule has 0 fully saturated rings. The second kappa shape index (κ2) is 10.5. The Morgan fingerprint density at radius 3 is 2.54 bits per heavy atom. The van der Waals surface area contributed by atoms with Crippen LogP contribution < -0.4 is 10.0 Å². The highest BCUT2D eigenvalue weighted by Crippen LogP contribution is 2.35. The number of nitrogens with one attached hydrogen (secondary N) is 2. The van der Waals surface area contributed by atoms with Crippen molar-refractivity contribution in [3.05, 3.63) is 79.9 Å². The topological polar surface area (TPSA) is 101 Å². The molecule has 0 spiro atoms. The van der Waals surface area contributed by atoms with E-state index in [0.29, 0.717) is 38.1 Å². The summed E-state index contributed by atoms with van der Waals surface area (Å²) >= 11 is 8.16. The maximum absolute atomic E-state index is 12.8. The molecule has 35 heavy (non-hydrogen) atoms. The van der Waals surface area contributed by atoms with Crippen molar-refractivity contribution in [1.82, 2.24) is 10.3 Å². The van der Waals surface area contributed by atoms with Gasteiger partial charge in [0.1, 0.15) is 5.76 Å². The lowest BCUT2D eigenvalue weighted by Gasteiger charge is -2.09. The minimum atomic E-state index is -3.67. The van der Waals surface area contributed by atoms with Gasteiger partial charge in [0.25, 0.3) is 5.91 Å². The lowest BCUT2D eigenvalue weighted by atomic mass is 10.0. The molecular weight excluding hydrogens is 601 g/mol. The molecule has 4 aromatic rings. The molecule has 4 rings (SSSR count). The molecule has 0 atom stereocenters. The van der Waals surface area contributed by atoms with Crippen LogP contribution in [-0.2, 0) is 16.4 Å². The summed E-state index contributed by atoms with van der Waals surface area (Å²) in [5, 5.41) is 3.77. The average molecular weight is 624 g/mol. The fourth-order valence-electron chi connectivity index (χ4n) is 3.68. The molecule has 2 aromatic heterocycles. The summed E-state index contributed by atoms with van der Waals surface area (Å²) < 4.78 is 34.6. The van der Waals surface area contributed by atoms with E-state index in [9.17, 15) is 13.2 Å². The first-order chi connectivity index (χ1) is 16.7. The number of carbonyl (C=O) groups excluding carboxylic acids is 1. The Morgan fingerprint density at radius 1 is 1.14 bits per heavy atom. The van der Waals surface area contributed by atoms with Crippen LogP contribution in [0.1, 0.15) is 27.9 Å². The molecule has 0 saturated heterocycles. The molecule has 2 aromatic carbocycles. The third-order valence-corrected chi connectivity index (χ3v) is 7.99. The predicted molar refractivity (Wildman–Crippen MR) is 147 cm³/mol. The van der Waals surface area contributed by atoms with Crippen molar-refractivity contribution in [1.29, 1.82) is 0 Å². The number of rotatable bonds is 8. The van der Waals surface area contributed by atoms with E-state index >= 15 is 0 Å². The zero-order valence-electron chi connectivity index (χ0n) is 19.1. The van der Waals surface area contributed by atoms with Crippen molar-refractivity contribution in [3.8, 4) is 11.3 Å². The molecule has 0 bridgehead atoms. The van der Waals surface area contributed by atoms with Gasteiger partial charge in [0.2, 0.25) is 15.7 Å². The zero-order valence-corrected chi connectivity index (χ0v) is 22.8. The molecule has 10 heteroatoms. The third-order valence-electron chi connectivity index (χ3n) is 5.47. The lowest BCUT2D eigenvalue weighted by molar-refractivity contribution is 0.0964. The fourth-order valence-corrected chi connectivity index (χ4v) is 5.74. The first-order valence-corrected chi connectivity index (χ1v) is 14.0. The van der Waals surface area contributed by atoms with Gasteiger partial charge in [-0.3, -0.25) is 9.52 Å². The number of nitrogens with zero attached hydrogens (tertiary/aromatic N) is 1. The molecule has 0 saturated carbocycles. The Labute approximate surface area is 222 Å². The number of aryl methyl sites for hydroxylation is 2. The van der Waals surface area contributed by atoms with E-state index < -0.39 is 10.0 Å². The Hall–Kier alpha value is -2.63. The van der Waals surface area contributed by atoms with E-state index in [1.807, 2.05) is 72.0 Å². The predicted octanol–water partition coefficient (Wildman–Crippen LogP) is 5.80. The Bertz CT molecular complexity index is 1500. The summed E-state index contributed by atoms with van der Waals surface area (Å²) in [7, 11) is -2.13. The number of hydrogen-bond donors (Lipinski definition) is 2. The number of furan rings is 1. The van der Waals surface area contributed by atoms with Crippen molar-refractivity contribution in [2.75, 3.05) is 17.5 Å². The second-order valence-corrected chi connectivity index (χ2v) is 11.5. The number of carbonyl (C=O) groups is 1. The number of pyridine rings is 1. The number of fused-ring (bicyclic) bond motifs is 1. The normalized spacial score (nSPS) is 11.5. The van der Waals surface area contributed by atoms with E-state index in [1.54, 1.807) is 19.2 Å². The lowest BCUT2D eigenvalue weighted by Crippen LogP contribution is -2.19. The summed E-state index contributed by atoms with van der Waals surface area (Å²) in [6.45, 7) is 1.97. The number of hydrogen-bond acceptors (Lipinski definition) is 5. The van der Waals surface area contributed by atoms with Crippen molar-refractivity contribution in [2.45, 2.75) is 19.8 Å². The Morgan fingerprint density at radius 2 is 1.86 bits per heavy atom. The second-order valence-electron chi connectivity index (χ2n) is 8.04. The van der Waals surface area contributed by atoms with Gasteiger partial charge < -0.3 is 9.73 Å². The average Bonchev–Trinajstić information content (AvgIpc) is 3.18. The number of aromatic nitrogens is 1. The van der Waals surface area contributed by atoms with Gasteiger partial charge in [-0.25, -0.2) is 8.42 Å². The molecule has 182 valence electrons. The highest BCUT2D eigenvalue weighted by Gasteiger charge is 2.24. The number of anilines is 1. The fraction of sp³-hybridized carbons (Fsp3) is 0.200. The van der Waals surface area contributed by atoms with Crippen LogP contribution >= 0.6 is 34.2 Å². The zero-order chi connectivity index (χ0) is 25.2. The maximum Gasteiger partial charge on any atom is 0.255 e. The van der Waals surface area contributed by atoms with Gasteiger partial charge in [-0.1, -0.05) is 59.6 Å². The van der Waals surface area contributed by atoms with Gasteiger partial charge in [-0.2, -0.15) is 4.98 Å². The van der Waals surface area contributed by atoms with Crippen molar-refractivity contribution in [2.24, 2.45) is 0 Å². The number of halogens is 2. The number of sulfonamides is 1. The van der Waals surface area contributed by atoms with Gasteiger partial charge in [0, 0.05) is 17.6 Å². The van der Waals surface area contributed by atoms with Crippen molar-refractivity contribution < 1.29 is 17.6 Å². The minimum Gasteiger partial charge on any atom is -0.437 e. The first kappa shape index (κ1) is 25.5. The van der Waals surface area contributed by atoms with Crippen LogP contribution in [0.2, 0.25) is 5.02 Å².